The van der Waals surface area contributed by atoms with E-state index in [1.54, 1.807) is 74.7 Å². The summed E-state index contributed by atoms with van der Waals surface area (Å²) in [6, 6.07) is 13.9. The van der Waals surface area contributed by atoms with Gasteiger partial charge in [-0.05, 0) is 49.6 Å². The second kappa shape index (κ2) is 15.0. The molecule has 2 bridgehead atoms. The number of hydrogen-bond donors (Lipinski definition) is 2. The van der Waals surface area contributed by atoms with Crippen molar-refractivity contribution in [2.24, 2.45) is 11.8 Å². The number of anilines is 1. The van der Waals surface area contributed by atoms with Crippen molar-refractivity contribution in [1.29, 1.82) is 0 Å². The van der Waals surface area contributed by atoms with E-state index < -0.39 is 66.1 Å². The van der Waals surface area contributed by atoms with E-state index in [1.807, 2.05) is 6.07 Å². The van der Waals surface area contributed by atoms with Gasteiger partial charge in [-0.25, -0.2) is 0 Å². The van der Waals surface area contributed by atoms with Crippen LogP contribution in [0.2, 0.25) is 0 Å². The van der Waals surface area contributed by atoms with Gasteiger partial charge in [-0.3, -0.25) is 19.2 Å². The highest BCUT2D eigenvalue weighted by Crippen LogP contribution is 2.61. The van der Waals surface area contributed by atoms with E-state index in [0.717, 1.165) is 0 Å². The molecule has 1 spiro atoms. The number of nitrogens with one attached hydrogen (secondary N) is 1. The molecule has 0 saturated carbocycles. The number of benzene rings is 2. The van der Waals surface area contributed by atoms with Crippen molar-refractivity contribution < 1.29 is 38.5 Å². The molecule has 2 aromatic rings. The van der Waals surface area contributed by atoms with Crippen LogP contribution in [0.4, 0.5) is 5.69 Å². The highest BCUT2D eigenvalue weighted by molar-refractivity contribution is 9.09. The number of esters is 1. The Morgan fingerprint density at radius 2 is 1.88 bits per heavy atom. The molecule has 3 saturated heterocycles. The van der Waals surface area contributed by atoms with Crippen LogP contribution in [0.3, 0.4) is 0 Å². The predicted octanol–water partition coefficient (Wildman–Crippen LogP) is 3.71. The molecule has 11 nitrogen and oxygen atoms in total. The molecule has 5 rings (SSSR count). The Bertz CT molecular complexity index is 1520. The molecule has 256 valence electrons. The summed E-state index contributed by atoms with van der Waals surface area (Å²) in [5.41, 5.74) is -0.212. The summed E-state index contributed by atoms with van der Waals surface area (Å²) in [4.78, 5) is 58.3. The fourth-order valence-corrected chi connectivity index (χ4v) is 8.18. The molecule has 0 radical (unpaired) electrons. The third kappa shape index (κ3) is 6.53. The van der Waals surface area contributed by atoms with Gasteiger partial charge < -0.3 is 34.4 Å². The molecular weight excluding hydrogens is 682 g/mol. The van der Waals surface area contributed by atoms with Crippen LogP contribution in [0.25, 0.3) is 0 Å². The van der Waals surface area contributed by atoms with Crippen molar-refractivity contribution in [2.75, 3.05) is 31.7 Å². The highest BCUT2D eigenvalue weighted by Gasteiger charge is 2.77. The predicted molar refractivity (Wildman–Crippen MR) is 182 cm³/mol. The summed E-state index contributed by atoms with van der Waals surface area (Å²) in [5.74, 6) is -3.22. The average Bonchev–Trinajstić information content (AvgIpc) is 3.69. The summed E-state index contributed by atoms with van der Waals surface area (Å²) in [6.07, 6.45) is 2.89. The lowest BCUT2D eigenvalue weighted by molar-refractivity contribution is -0.159. The molecule has 3 heterocycles. The number of rotatable bonds is 15. The number of halogens is 1. The van der Waals surface area contributed by atoms with E-state index in [2.05, 4.69) is 34.4 Å². The lowest BCUT2D eigenvalue weighted by atomic mass is 9.70. The fraction of sp³-hybridized carbons (Fsp3) is 0.444. The quantitative estimate of drug-likeness (QED) is 0.161. The van der Waals surface area contributed by atoms with Crippen molar-refractivity contribution in [3.05, 3.63) is 85.5 Å². The number of nitrogens with zero attached hydrogens (tertiary/aromatic N) is 2. The smallest absolute Gasteiger partial charge is 0.312 e. The zero-order valence-corrected chi connectivity index (χ0v) is 28.7. The Morgan fingerprint density at radius 1 is 1.17 bits per heavy atom. The van der Waals surface area contributed by atoms with Crippen molar-refractivity contribution >= 4 is 45.3 Å². The Hall–Kier alpha value is -4.00. The van der Waals surface area contributed by atoms with E-state index in [9.17, 15) is 24.3 Å². The maximum absolute atomic E-state index is 14.9. The topological polar surface area (TPSA) is 135 Å². The van der Waals surface area contributed by atoms with E-state index in [-0.39, 0.29) is 36.7 Å². The van der Waals surface area contributed by atoms with E-state index in [1.165, 1.54) is 9.80 Å². The van der Waals surface area contributed by atoms with E-state index in [4.69, 9.17) is 14.2 Å². The molecule has 3 amide bonds. The van der Waals surface area contributed by atoms with Crippen LogP contribution in [-0.4, -0.2) is 89.2 Å². The number of aliphatic hydroxyl groups is 1. The largest absolute Gasteiger partial charge is 0.497 e. The monoisotopic (exact) mass is 723 g/mol. The molecule has 3 aliphatic heterocycles. The SMILES string of the molecule is C=CCCC(=O)NC[C@H](C)OC(=O)[C@H]1[C@@H]2O[C@@]3(CC2Br)[C@@H]1C(=O)N([C@H](CO)c1ccccc1)[C@@H]3C(=O)N(CC=C)c1ccc(OC)cc1. The van der Waals surface area contributed by atoms with Crippen molar-refractivity contribution in [2.45, 2.75) is 60.9 Å². The summed E-state index contributed by atoms with van der Waals surface area (Å²) >= 11 is 3.69. The van der Waals surface area contributed by atoms with Crippen molar-refractivity contribution in [3.63, 3.8) is 0 Å². The highest BCUT2D eigenvalue weighted by atomic mass is 79.9. The summed E-state index contributed by atoms with van der Waals surface area (Å²) in [6.45, 7) is 8.89. The molecule has 8 atom stereocenters. The molecular formula is C36H42BrN3O8. The summed E-state index contributed by atoms with van der Waals surface area (Å²) in [5, 5.41) is 13.5. The molecule has 0 aliphatic carbocycles. The first-order valence-corrected chi connectivity index (χ1v) is 17.0. The van der Waals surface area contributed by atoms with Crippen LogP contribution >= 0.6 is 15.9 Å². The lowest BCUT2D eigenvalue weighted by Gasteiger charge is -2.39. The van der Waals surface area contributed by atoms with Gasteiger partial charge in [-0.1, -0.05) is 58.4 Å². The average molecular weight is 725 g/mol. The number of ether oxygens (including phenoxy) is 3. The van der Waals surface area contributed by atoms with E-state index >= 15 is 0 Å². The number of amides is 3. The van der Waals surface area contributed by atoms with Crippen LogP contribution in [0.15, 0.2) is 79.9 Å². The van der Waals surface area contributed by atoms with Gasteiger partial charge in [-0.2, -0.15) is 0 Å². The zero-order valence-electron chi connectivity index (χ0n) is 27.1. The maximum atomic E-state index is 14.9. The van der Waals surface area contributed by atoms with Crippen LogP contribution in [-0.2, 0) is 28.7 Å². The van der Waals surface area contributed by atoms with Crippen LogP contribution in [0, 0.1) is 11.8 Å². The molecule has 0 aromatic heterocycles. The van der Waals surface area contributed by atoms with Gasteiger partial charge in [-0.15, -0.1) is 13.2 Å². The number of likely N-dealkylation sites (tertiary alicyclic amines) is 1. The first-order chi connectivity index (χ1) is 23.1. The first kappa shape index (κ1) is 35.3. The van der Waals surface area contributed by atoms with E-state index in [0.29, 0.717) is 23.4 Å². The number of methoxy groups -OCH3 is 1. The molecule has 1 unspecified atom stereocenters. The molecule has 2 aromatic carbocycles. The number of alkyl halides is 1. The second-order valence-electron chi connectivity index (χ2n) is 12.3. The Labute approximate surface area is 289 Å². The van der Waals surface area contributed by atoms with Crippen molar-refractivity contribution in [3.8, 4) is 5.75 Å². The standard InChI is InChI=1S/C36H42BrN3O8/c1-5-7-13-28(42)38-20-22(3)47-35(45)29-30-33(43)40(27(21-41)23-11-9-8-10-12-23)32(36(30)19-26(37)31(29)48-36)34(44)39(18-6-2)24-14-16-25(46-4)17-15-24/h5-6,8-12,14-17,22,26-27,29-32,41H,1-2,7,13,18-21H2,3-4H3,(H,38,42)/t22-,26?,27+,29+,30-,31+,32+,36-/m0/s1. The van der Waals surface area contributed by atoms with Gasteiger partial charge in [0.15, 0.2) is 0 Å². The third-order valence-electron chi connectivity index (χ3n) is 9.37. The molecule has 2 N–H and O–H groups in total. The summed E-state index contributed by atoms with van der Waals surface area (Å²) < 4.78 is 17.8. The van der Waals surface area contributed by atoms with Crippen molar-refractivity contribution in [1.82, 2.24) is 10.2 Å². The zero-order chi connectivity index (χ0) is 34.6. The van der Waals surface area contributed by atoms with Gasteiger partial charge in [0, 0.05) is 23.5 Å². The molecule has 12 heteroatoms. The minimum atomic E-state index is -1.40. The van der Waals surface area contributed by atoms with Gasteiger partial charge in [0.2, 0.25) is 11.8 Å². The molecule has 3 aliphatic rings. The van der Waals surface area contributed by atoms with Gasteiger partial charge in [0.25, 0.3) is 5.91 Å². The number of allylic oxidation sites excluding steroid dienone is 1. The molecule has 3 fully saturated rings. The minimum absolute atomic E-state index is 0.0909. The van der Waals surface area contributed by atoms with Gasteiger partial charge >= 0.3 is 5.97 Å². The van der Waals surface area contributed by atoms with Crippen LogP contribution in [0.5, 0.6) is 5.75 Å². The summed E-state index contributed by atoms with van der Waals surface area (Å²) in [7, 11) is 1.55. The number of aliphatic hydroxyl groups excluding tert-OH is 1. The number of fused-ring (bicyclic) bond motifs is 1. The second-order valence-corrected chi connectivity index (χ2v) is 13.5. The number of hydrogen-bond acceptors (Lipinski definition) is 8. The Kier molecular flexibility index (Phi) is 11.1. The van der Waals surface area contributed by atoms with Gasteiger partial charge in [0.1, 0.15) is 23.5 Å². The number of carbonyl (C=O) groups is 4. The molecule has 48 heavy (non-hydrogen) atoms. The third-order valence-corrected chi connectivity index (χ3v) is 10.2. The van der Waals surface area contributed by atoms with Crippen LogP contribution < -0.4 is 15.0 Å². The number of carbonyl (C=O) groups excluding carboxylic acids is 4. The first-order valence-electron chi connectivity index (χ1n) is 16.1. The Morgan fingerprint density at radius 3 is 2.50 bits per heavy atom. The normalized spacial score (nSPS) is 26.7. The minimum Gasteiger partial charge on any atom is -0.497 e. The lowest BCUT2D eigenvalue weighted by Crippen LogP contribution is -2.57. The fourth-order valence-electron chi connectivity index (χ4n) is 7.24. The van der Waals surface area contributed by atoms with Crippen LogP contribution in [0.1, 0.15) is 37.8 Å². The Balaban J connectivity index is 1.52. The maximum Gasteiger partial charge on any atom is 0.312 e. The van der Waals surface area contributed by atoms with Gasteiger partial charge in [0.05, 0.1) is 44.2 Å².